The molecule has 2 aromatic rings. The molecule has 0 saturated carbocycles. The Labute approximate surface area is 120 Å². The lowest BCUT2D eigenvalue weighted by molar-refractivity contribution is 0.159. The van der Waals surface area contributed by atoms with Crippen molar-refractivity contribution in [2.24, 2.45) is 0 Å². The highest BCUT2D eigenvalue weighted by molar-refractivity contribution is 7.10. The normalized spacial score (nSPS) is 19.1. The van der Waals surface area contributed by atoms with E-state index < -0.39 is 0 Å². The van der Waals surface area contributed by atoms with Crippen LogP contribution < -0.4 is 5.32 Å². The predicted octanol–water partition coefficient (Wildman–Crippen LogP) is 2.59. The molecule has 0 spiro atoms. The van der Waals surface area contributed by atoms with E-state index in [9.17, 15) is 4.79 Å². The number of amides is 2. The number of likely N-dealkylation sites (tertiary alicyclic amines) is 1. The molecule has 7 nitrogen and oxygen atoms in total. The number of hydrogen-bond acceptors (Lipinski definition) is 6. The van der Waals surface area contributed by atoms with E-state index in [2.05, 4.69) is 20.1 Å². The van der Waals surface area contributed by atoms with Crippen LogP contribution in [0.4, 0.5) is 9.80 Å². The quantitative estimate of drug-likeness (QED) is 0.920. The Morgan fingerprint density at radius 3 is 3.15 bits per heavy atom. The molecule has 106 valence electrons. The summed E-state index contributed by atoms with van der Waals surface area (Å²) in [6.45, 7) is 2.57. The van der Waals surface area contributed by atoms with Crippen LogP contribution in [-0.2, 0) is 0 Å². The smallest absolute Gasteiger partial charge is 0.323 e. The molecule has 1 atom stereocenters. The van der Waals surface area contributed by atoms with Crippen LogP contribution in [0.1, 0.15) is 36.8 Å². The first-order chi connectivity index (χ1) is 9.74. The molecule has 1 N–H and O–H groups in total. The van der Waals surface area contributed by atoms with Gasteiger partial charge in [0.1, 0.15) is 16.5 Å². The zero-order valence-corrected chi connectivity index (χ0v) is 11.9. The molecular weight excluding hydrogens is 278 g/mol. The van der Waals surface area contributed by atoms with Crippen molar-refractivity contribution in [1.82, 2.24) is 19.6 Å². The summed E-state index contributed by atoms with van der Waals surface area (Å²) in [4.78, 5) is 14.2. The summed E-state index contributed by atoms with van der Waals surface area (Å²) >= 11 is 1.16. The van der Waals surface area contributed by atoms with Crippen LogP contribution in [0.25, 0.3) is 0 Å². The summed E-state index contributed by atoms with van der Waals surface area (Å²) in [5.41, 5.74) is 0.819. The number of anilines is 1. The first-order valence-corrected chi connectivity index (χ1v) is 7.29. The number of nitrogens with zero attached hydrogens (tertiary/aromatic N) is 4. The van der Waals surface area contributed by atoms with Gasteiger partial charge < -0.3 is 9.42 Å². The van der Waals surface area contributed by atoms with Crippen molar-refractivity contribution < 1.29 is 9.32 Å². The lowest BCUT2D eigenvalue weighted by Crippen LogP contribution is -2.41. The monoisotopic (exact) mass is 293 g/mol. The highest BCUT2D eigenvalue weighted by Crippen LogP contribution is 2.31. The molecule has 1 unspecified atom stereocenters. The zero-order chi connectivity index (χ0) is 13.9. The van der Waals surface area contributed by atoms with Gasteiger partial charge in [0, 0.05) is 24.1 Å². The molecule has 3 rings (SSSR count). The number of nitrogens with one attached hydrogen (secondary N) is 1. The molecule has 2 amide bonds. The second-order valence-electron chi connectivity index (χ2n) is 4.78. The highest BCUT2D eigenvalue weighted by Gasteiger charge is 2.30. The van der Waals surface area contributed by atoms with E-state index in [0.717, 1.165) is 42.2 Å². The molecule has 0 aromatic carbocycles. The van der Waals surface area contributed by atoms with E-state index >= 15 is 0 Å². The molecule has 0 radical (unpaired) electrons. The first-order valence-electron chi connectivity index (χ1n) is 6.52. The van der Waals surface area contributed by atoms with Gasteiger partial charge in [0.25, 0.3) is 0 Å². The van der Waals surface area contributed by atoms with Gasteiger partial charge >= 0.3 is 6.03 Å². The summed E-state index contributed by atoms with van der Waals surface area (Å²) in [5.74, 6) is 0.762. The number of rotatable bonds is 2. The molecule has 0 aliphatic carbocycles. The largest absolute Gasteiger partial charge is 0.361 e. The second-order valence-corrected chi connectivity index (χ2v) is 5.57. The Morgan fingerprint density at radius 1 is 1.55 bits per heavy atom. The fraction of sp³-hybridized carbons (Fsp3) is 0.500. The lowest BCUT2D eigenvalue weighted by Gasteiger charge is -2.34. The minimum atomic E-state index is -0.138. The van der Waals surface area contributed by atoms with E-state index in [0.29, 0.717) is 11.5 Å². The van der Waals surface area contributed by atoms with Gasteiger partial charge in [0.15, 0.2) is 0 Å². The van der Waals surface area contributed by atoms with Gasteiger partial charge in [-0.25, -0.2) is 4.79 Å². The molecule has 20 heavy (non-hydrogen) atoms. The number of carbonyl (C=O) groups is 1. The van der Waals surface area contributed by atoms with Gasteiger partial charge in [-0.05, 0) is 26.2 Å². The highest BCUT2D eigenvalue weighted by atomic mass is 32.1. The van der Waals surface area contributed by atoms with E-state index in [-0.39, 0.29) is 12.1 Å². The van der Waals surface area contributed by atoms with Crippen molar-refractivity contribution in [2.75, 3.05) is 11.9 Å². The van der Waals surface area contributed by atoms with E-state index in [4.69, 9.17) is 4.52 Å². The predicted molar refractivity (Wildman–Crippen MR) is 73.5 cm³/mol. The standard InChI is InChI=1S/C12H15N5O2S/c1-8-6-9(15-19-8)10-4-2-3-5-17(10)12(18)14-11-7-13-16-20-11/h6-7,10H,2-5H2,1H3,(H,14,18). The van der Waals surface area contributed by atoms with Crippen molar-refractivity contribution in [1.29, 1.82) is 0 Å². The average Bonchev–Trinajstić information content (AvgIpc) is 3.10. The van der Waals surface area contributed by atoms with Gasteiger partial charge in [0.2, 0.25) is 0 Å². The van der Waals surface area contributed by atoms with Crippen LogP contribution in [0.5, 0.6) is 0 Å². The maximum atomic E-state index is 12.4. The number of carbonyl (C=O) groups excluding carboxylic acids is 1. The number of urea groups is 1. The topological polar surface area (TPSA) is 84.2 Å². The molecular formula is C12H15N5O2S. The Hall–Kier alpha value is -1.96. The first kappa shape index (κ1) is 13.0. The van der Waals surface area contributed by atoms with Crippen molar-refractivity contribution in [3.8, 4) is 0 Å². The number of aryl methyl sites for hydroxylation is 1. The van der Waals surface area contributed by atoms with Crippen LogP contribution in [0.3, 0.4) is 0 Å². The van der Waals surface area contributed by atoms with Crippen LogP contribution in [-0.4, -0.2) is 32.2 Å². The van der Waals surface area contributed by atoms with Crippen LogP contribution in [0.2, 0.25) is 0 Å². The summed E-state index contributed by atoms with van der Waals surface area (Å²) in [6.07, 6.45) is 4.53. The molecule has 1 fully saturated rings. The fourth-order valence-corrected chi connectivity index (χ4v) is 2.83. The number of aromatic nitrogens is 3. The third-order valence-electron chi connectivity index (χ3n) is 3.34. The minimum absolute atomic E-state index is 0.0259. The maximum absolute atomic E-state index is 12.4. The number of piperidine rings is 1. The molecule has 1 saturated heterocycles. The Balaban J connectivity index is 1.76. The Morgan fingerprint density at radius 2 is 2.45 bits per heavy atom. The molecule has 3 heterocycles. The Bertz CT molecular complexity index is 582. The van der Waals surface area contributed by atoms with E-state index in [1.165, 1.54) is 0 Å². The van der Waals surface area contributed by atoms with E-state index in [1.54, 1.807) is 11.1 Å². The third-order valence-corrected chi connectivity index (χ3v) is 3.92. The molecule has 1 aliphatic rings. The van der Waals surface area contributed by atoms with Gasteiger partial charge in [-0.15, -0.1) is 5.10 Å². The van der Waals surface area contributed by atoms with Gasteiger partial charge in [-0.1, -0.05) is 9.64 Å². The summed E-state index contributed by atoms with van der Waals surface area (Å²) in [7, 11) is 0. The number of hydrogen-bond donors (Lipinski definition) is 1. The van der Waals surface area contributed by atoms with Crippen molar-refractivity contribution in [3.05, 3.63) is 23.7 Å². The average molecular weight is 293 g/mol. The van der Waals surface area contributed by atoms with Crippen LogP contribution >= 0.6 is 11.5 Å². The van der Waals surface area contributed by atoms with Crippen molar-refractivity contribution >= 4 is 22.6 Å². The zero-order valence-electron chi connectivity index (χ0n) is 11.1. The Kier molecular flexibility index (Phi) is 3.64. The maximum Gasteiger partial charge on any atom is 0.323 e. The summed E-state index contributed by atoms with van der Waals surface area (Å²) in [6, 6.07) is 1.73. The SMILES string of the molecule is Cc1cc(C2CCCCN2C(=O)Nc2cnns2)no1. The molecule has 2 aromatic heterocycles. The van der Waals surface area contributed by atoms with Crippen molar-refractivity contribution in [2.45, 2.75) is 32.2 Å². The fourth-order valence-electron chi connectivity index (χ4n) is 2.42. The molecule has 1 aliphatic heterocycles. The minimum Gasteiger partial charge on any atom is -0.361 e. The second kappa shape index (κ2) is 5.58. The molecule has 0 bridgehead atoms. The third kappa shape index (κ3) is 2.64. The van der Waals surface area contributed by atoms with Gasteiger partial charge in [-0.3, -0.25) is 5.32 Å². The summed E-state index contributed by atoms with van der Waals surface area (Å²) < 4.78 is 8.86. The van der Waals surface area contributed by atoms with Crippen molar-refractivity contribution in [3.63, 3.8) is 0 Å². The van der Waals surface area contributed by atoms with Crippen LogP contribution in [0, 0.1) is 6.92 Å². The molecule has 8 heteroatoms. The van der Waals surface area contributed by atoms with Gasteiger partial charge in [-0.2, -0.15) is 0 Å². The van der Waals surface area contributed by atoms with Crippen LogP contribution in [0.15, 0.2) is 16.8 Å². The van der Waals surface area contributed by atoms with Gasteiger partial charge in [0.05, 0.1) is 12.2 Å². The summed E-state index contributed by atoms with van der Waals surface area (Å²) in [5, 5.41) is 11.2. The van der Waals surface area contributed by atoms with E-state index in [1.807, 2.05) is 13.0 Å². The lowest BCUT2D eigenvalue weighted by atomic mass is 9.99.